The van der Waals surface area contributed by atoms with Gasteiger partial charge in [0, 0.05) is 26.5 Å². The highest BCUT2D eigenvalue weighted by Crippen LogP contribution is 2.24. The second-order valence-electron chi connectivity index (χ2n) is 4.37. The molecule has 2 rings (SSSR count). The maximum atomic E-state index is 11.7. The first kappa shape index (κ1) is 15.0. The lowest BCUT2D eigenvalue weighted by molar-refractivity contribution is 0.0696. The van der Waals surface area contributed by atoms with Crippen molar-refractivity contribution in [2.24, 2.45) is 0 Å². The van der Waals surface area contributed by atoms with Crippen LogP contribution in [0.5, 0.6) is 0 Å². The molecule has 21 heavy (non-hydrogen) atoms. The molecule has 0 atom stereocenters. The molecule has 0 unspecified atom stereocenters. The first-order valence-corrected chi connectivity index (χ1v) is 6.84. The molecule has 0 aliphatic heterocycles. The van der Waals surface area contributed by atoms with Crippen LogP contribution in [-0.4, -0.2) is 45.9 Å². The Morgan fingerprint density at radius 1 is 1.10 bits per heavy atom. The summed E-state index contributed by atoms with van der Waals surface area (Å²) in [5.74, 6) is -1.12. The van der Waals surface area contributed by atoms with Gasteiger partial charge in [0.15, 0.2) is 0 Å². The zero-order valence-electron chi connectivity index (χ0n) is 11.5. The summed E-state index contributed by atoms with van der Waals surface area (Å²) in [6.45, 7) is 0. The number of aromatic nitrogens is 2. The van der Waals surface area contributed by atoms with Crippen molar-refractivity contribution in [2.45, 2.75) is 10.1 Å². The van der Waals surface area contributed by atoms with Crippen molar-refractivity contribution in [3.05, 3.63) is 47.8 Å². The monoisotopic (exact) mass is 303 g/mol. The maximum Gasteiger partial charge on any atom is 0.335 e. The SMILES string of the molecule is CN(C)C(=O)c1ccc(Sc2cc(C(=O)O)ccn2)nc1. The second-order valence-corrected chi connectivity index (χ2v) is 5.42. The van der Waals surface area contributed by atoms with Crippen LogP contribution in [0.15, 0.2) is 46.7 Å². The van der Waals surface area contributed by atoms with Gasteiger partial charge in [0.2, 0.25) is 0 Å². The summed E-state index contributed by atoms with van der Waals surface area (Å²) in [7, 11) is 3.35. The van der Waals surface area contributed by atoms with E-state index in [0.29, 0.717) is 15.6 Å². The summed E-state index contributed by atoms with van der Waals surface area (Å²) in [4.78, 5) is 32.4. The van der Waals surface area contributed by atoms with E-state index in [4.69, 9.17) is 5.11 Å². The van der Waals surface area contributed by atoms with Gasteiger partial charge in [-0.3, -0.25) is 4.79 Å². The van der Waals surface area contributed by atoms with Crippen LogP contribution < -0.4 is 0 Å². The molecule has 2 heterocycles. The van der Waals surface area contributed by atoms with Gasteiger partial charge in [0.05, 0.1) is 11.1 Å². The van der Waals surface area contributed by atoms with Crippen LogP contribution in [0.4, 0.5) is 0 Å². The van der Waals surface area contributed by atoms with Crippen LogP contribution in [-0.2, 0) is 0 Å². The summed E-state index contributed by atoms with van der Waals surface area (Å²) < 4.78 is 0. The predicted octanol–water partition coefficient (Wildman–Crippen LogP) is 2.03. The quantitative estimate of drug-likeness (QED) is 0.930. The minimum atomic E-state index is -1.00. The van der Waals surface area contributed by atoms with E-state index in [0.717, 1.165) is 0 Å². The molecule has 0 spiro atoms. The van der Waals surface area contributed by atoms with E-state index in [1.165, 1.54) is 41.2 Å². The number of carboxylic acid groups (broad SMARTS) is 1. The molecule has 0 bridgehead atoms. The lowest BCUT2D eigenvalue weighted by Crippen LogP contribution is -2.21. The van der Waals surface area contributed by atoms with Crippen molar-refractivity contribution in [2.75, 3.05) is 14.1 Å². The molecule has 108 valence electrons. The Labute approximate surface area is 125 Å². The van der Waals surface area contributed by atoms with Gasteiger partial charge in [-0.05, 0) is 24.3 Å². The minimum Gasteiger partial charge on any atom is -0.478 e. The van der Waals surface area contributed by atoms with Crippen LogP contribution in [0.25, 0.3) is 0 Å². The molecule has 0 radical (unpaired) electrons. The average molecular weight is 303 g/mol. The molecule has 6 nitrogen and oxygen atoms in total. The molecule has 0 aliphatic rings. The van der Waals surface area contributed by atoms with E-state index < -0.39 is 5.97 Å². The minimum absolute atomic E-state index is 0.120. The Kier molecular flexibility index (Phi) is 4.54. The molecule has 0 saturated carbocycles. The number of amides is 1. The number of carbonyl (C=O) groups excluding carboxylic acids is 1. The fraction of sp³-hybridized carbons (Fsp3) is 0.143. The Morgan fingerprint density at radius 3 is 2.43 bits per heavy atom. The van der Waals surface area contributed by atoms with Crippen molar-refractivity contribution in [3.8, 4) is 0 Å². The molecular formula is C14H13N3O3S. The fourth-order valence-electron chi connectivity index (χ4n) is 1.53. The highest BCUT2D eigenvalue weighted by molar-refractivity contribution is 7.99. The largest absolute Gasteiger partial charge is 0.478 e. The Hall–Kier alpha value is -2.41. The van der Waals surface area contributed by atoms with Crippen molar-refractivity contribution in [1.82, 2.24) is 14.9 Å². The number of pyridine rings is 2. The van der Waals surface area contributed by atoms with Gasteiger partial charge < -0.3 is 10.0 Å². The molecular weight excluding hydrogens is 290 g/mol. The van der Waals surface area contributed by atoms with Gasteiger partial charge in [-0.15, -0.1) is 0 Å². The van der Waals surface area contributed by atoms with Crippen LogP contribution in [0.3, 0.4) is 0 Å². The summed E-state index contributed by atoms with van der Waals surface area (Å²) in [5, 5.41) is 10.1. The lowest BCUT2D eigenvalue weighted by atomic mass is 10.2. The summed E-state index contributed by atoms with van der Waals surface area (Å²) in [6, 6.07) is 6.29. The molecule has 2 aromatic heterocycles. The van der Waals surface area contributed by atoms with Crippen molar-refractivity contribution < 1.29 is 14.7 Å². The van der Waals surface area contributed by atoms with Crippen molar-refractivity contribution in [1.29, 1.82) is 0 Å². The number of rotatable bonds is 4. The number of hydrogen-bond acceptors (Lipinski definition) is 5. The van der Waals surface area contributed by atoms with Gasteiger partial charge in [0.1, 0.15) is 10.1 Å². The zero-order valence-corrected chi connectivity index (χ0v) is 12.3. The van der Waals surface area contributed by atoms with Crippen molar-refractivity contribution >= 4 is 23.6 Å². The number of nitrogens with zero attached hydrogens (tertiary/aromatic N) is 3. The first-order chi connectivity index (χ1) is 9.97. The van der Waals surface area contributed by atoms with Crippen LogP contribution in [0, 0.1) is 0 Å². The first-order valence-electron chi connectivity index (χ1n) is 6.02. The van der Waals surface area contributed by atoms with Crippen LogP contribution >= 0.6 is 11.8 Å². The van der Waals surface area contributed by atoms with Crippen LogP contribution in [0.1, 0.15) is 20.7 Å². The Morgan fingerprint density at radius 2 is 1.86 bits per heavy atom. The maximum absolute atomic E-state index is 11.7. The van der Waals surface area contributed by atoms with Gasteiger partial charge in [-0.25, -0.2) is 14.8 Å². The Balaban J connectivity index is 2.15. The topological polar surface area (TPSA) is 83.4 Å². The van der Waals surface area contributed by atoms with E-state index in [2.05, 4.69) is 9.97 Å². The van der Waals surface area contributed by atoms with Gasteiger partial charge in [-0.2, -0.15) is 0 Å². The Bertz CT molecular complexity index is 671. The van der Waals surface area contributed by atoms with Gasteiger partial charge >= 0.3 is 5.97 Å². The van der Waals surface area contributed by atoms with E-state index in [9.17, 15) is 9.59 Å². The third-order valence-electron chi connectivity index (χ3n) is 2.58. The van der Waals surface area contributed by atoms with Gasteiger partial charge in [-0.1, -0.05) is 11.8 Å². The van der Waals surface area contributed by atoms with E-state index in [-0.39, 0.29) is 11.5 Å². The summed E-state index contributed by atoms with van der Waals surface area (Å²) in [6.07, 6.45) is 2.93. The molecule has 0 aliphatic carbocycles. The third kappa shape index (κ3) is 3.79. The van der Waals surface area contributed by atoms with Gasteiger partial charge in [0.25, 0.3) is 5.91 Å². The molecule has 0 aromatic carbocycles. The highest BCUT2D eigenvalue weighted by Gasteiger charge is 2.10. The normalized spacial score (nSPS) is 10.2. The van der Waals surface area contributed by atoms with E-state index in [1.54, 1.807) is 26.2 Å². The zero-order chi connectivity index (χ0) is 15.4. The number of aromatic carboxylic acids is 1. The molecule has 1 amide bonds. The molecule has 0 saturated heterocycles. The van der Waals surface area contributed by atoms with E-state index in [1.807, 2.05) is 0 Å². The molecule has 0 fully saturated rings. The number of carboxylic acids is 1. The van der Waals surface area contributed by atoms with E-state index >= 15 is 0 Å². The van der Waals surface area contributed by atoms with Crippen LogP contribution in [0.2, 0.25) is 0 Å². The lowest BCUT2D eigenvalue weighted by Gasteiger charge is -2.09. The molecule has 1 N–H and O–H groups in total. The summed E-state index contributed by atoms with van der Waals surface area (Å²) >= 11 is 1.24. The summed E-state index contributed by atoms with van der Waals surface area (Å²) in [5.41, 5.74) is 0.670. The smallest absolute Gasteiger partial charge is 0.335 e. The highest BCUT2D eigenvalue weighted by atomic mass is 32.2. The molecule has 2 aromatic rings. The van der Waals surface area contributed by atoms with Crippen molar-refractivity contribution in [3.63, 3.8) is 0 Å². The standard InChI is InChI=1S/C14H13N3O3S/c1-17(2)13(18)10-3-4-11(16-8-10)21-12-7-9(14(19)20)5-6-15-12/h3-8H,1-2H3,(H,19,20). The average Bonchev–Trinajstić information content (AvgIpc) is 2.47. The second kappa shape index (κ2) is 6.36. The fourth-order valence-corrected chi connectivity index (χ4v) is 2.29. The molecule has 7 heteroatoms. The predicted molar refractivity (Wildman–Crippen MR) is 77.6 cm³/mol. The number of carbonyl (C=O) groups is 2. The number of hydrogen-bond donors (Lipinski definition) is 1. The third-order valence-corrected chi connectivity index (χ3v) is 3.46.